The van der Waals surface area contributed by atoms with Crippen molar-refractivity contribution in [3.8, 4) is 0 Å². The van der Waals surface area contributed by atoms with Crippen LogP contribution < -0.4 is 5.73 Å². The van der Waals surface area contributed by atoms with Gasteiger partial charge in [0.05, 0.1) is 38.6 Å². The zero-order chi connectivity index (χ0) is 65.9. The molecule has 0 aromatic rings. The Morgan fingerprint density at radius 3 is 0.835 bits per heavy atom. The van der Waals surface area contributed by atoms with Crippen LogP contribution in [0.25, 0.3) is 0 Å². The standard InChI is InChI=1S/C43H77NO3.C40H75NO3/c1-4-7-9-11-13-15-17-19-21-23-25-27-29-31-33-35-37-45-39-43(41-47-42(6-3)44-43)40-46-38-36-34-32-30-28-26-24-22-20-18-16-14-12-10-8-5-2;1-3-5-7-9-11-13-15-17-19-21-23-25-27-29-31-33-35-43-38-40(41,37-42)39-44-36-34-32-30-28-26-24-22-20-18-16-14-12-10-8-6-4-2/h13-16,19-22H,4-12,17-18,23-41H2,1-3H3;11-14,17-20,42H,3-10,15-16,21-39,41H2,1-2H3/b15-13-,16-14-,21-19-,22-20-;13-11-,14-12-,19-17-,20-18-. The van der Waals surface area contributed by atoms with Crippen LogP contribution in [0.4, 0.5) is 0 Å². The van der Waals surface area contributed by atoms with E-state index in [0.29, 0.717) is 46.2 Å². The first-order valence-electron chi connectivity index (χ1n) is 39.1. The van der Waals surface area contributed by atoms with Crippen LogP contribution in [-0.4, -0.2) is 88.2 Å². The summed E-state index contributed by atoms with van der Waals surface area (Å²) in [5, 5.41) is 9.77. The van der Waals surface area contributed by atoms with Gasteiger partial charge >= 0.3 is 0 Å². The van der Waals surface area contributed by atoms with Gasteiger partial charge in [-0.15, -0.1) is 0 Å². The Morgan fingerprint density at radius 1 is 0.352 bits per heavy atom. The molecule has 0 bridgehead atoms. The summed E-state index contributed by atoms with van der Waals surface area (Å²) in [4.78, 5) is 4.89. The average molecular weight is 1270 g/mol. The number of ether oxygens (including phenoxy) is 5. The smallest absolute Gasteiger partial charge is 0.183 e. The molecule has 8 heteroatoms. The molecule has 1 aliphatic heterocycles. The number of allylic oxidation sites excluding steroid dienone is 16. The van der Waals surface area contributed by atoms with Gasteiger partial charge in [-0.25, -0.2) is 4.99 Å². The van der Waals surface area contributed by atoms with E-state index >= 15 is 0 Å². The van der Waals surface area contributed by atoms with E-state index in [1.54, 1.807) is 0 Å². The van der Waals surface area contributed by atoms with Crippen molar-refractivity contribution in [2.75, 3.05) is 66.1 Å². The molecule has 91 heavy (non-hydrogen) atoms. The fraction of sp³-hybridized carbons (Fsp3) is 0.795. The number of aliphatic imine (C=N–C) groups is 1. The van der Waals surface area contributed by atoms with Crippen molar-refractivity contribution in [3.05, 3.63) is 97.2 Å². The summed E-state index contributed by atoms with van der Waals surface area (Å²) in [6.07, 6.45) is 98.2. The van der Waals surface area contributed by atoms with Crippen LogP contribution in [0.15, 0.2) is 102 Å². The first-order valence-corrected chi connectivity index (χ1v) is 39.1. The summed E-state index contributed by atoms with van der Waals surface area (Å²) in [5.41, 5.74) is 5.17. The molecular weight excluding hydrogens is 1120 g/mol. The van der Waals surface area contributed by atoms with Crippen LogP contribution in [-0.2, 0) is 23.7 Å². The third-order valence-electron chi connectivity index (χ3n) is 17.0. The molecule has 1 rings (SSSR count). The van der Waals surface area contributed by atoms with Crippen molar-refractivity contribution >= 4 is 5.90 Å². The number of aliphatic hydroxyl groups is 1. The number of aliphatic hydroxyl groups excluding tert-OH is 1. The van der Waals surface area contributed by atoms with Crippen molar-refractivity contribution in [1.82, 2.24) is 0 Å². The van der Waals surface area contributed by atoms with E-state index < -0.39 is 5.54 Å². The molecule has 0 radical (unpaired) electrons. The van der Waals surface area contributed by atoms with Gasteiger partial charge in [0.25, 0.3) is 0 Å². The summed E-state index contributed by atoms with van der Waals surface area (Å²) in [7, 11) is 0. The number of hydrogen-bond acceptors (Lipinski definition) is 8. The Bertz CT molecular complexity index is 1620. The minimum Gasteiger partial charge on any atom is -0.478 e. The molecule has 0 aliphatic carbocycles. The lowest BCUT2D eigenvalue weighted by Crippen LogP contribution is -2.52. The zero-order valence-corrected chi connectivity index (χ0v) is 61.0. The number of hydrogen-bond donors (Lipinski definition) is 2. The van der Waals surface area contributed by atoms with Gasteiger partial charge in [0.15, 0.2) is 5.90 Å². The highest BCUT2D eigenvalue weighted by molar-refractivity contribution is 5.78. The summed E-state index contributed by atoms with van der Waals surface area (Å²) in [6.45, 7) is 16.5. The Kier molecular flexibility index (Phi) is 72.2. The minimum absolute atomic E-state index is 0.111. The van der Waals surface area contributed by atoms with E-state index in [2.05, 4.69) is 132 Å². The highest BCUT2D eigenvalue weighted by Crippen LogP contribution is 2.23. The van der Waals surface area contributed by atoms with E-state index in [-0.39, 0.29) is 12.1 Å². The molecule has 0 saturated carbocycles. The minimum atomic E-state index is -0.795. The lowest BCUT2D eigenvalue weighted by atomic mass is 10.1. The average Bonchev–Trinajstić information content (AvgIpc) is 2.43. The van der Waals surface area contributed by atoms with Crippen LogP contribution in [0.1, 0.15) is 349 Å². The second-order valence-corrected chi connectivity index (χ2v) is 26.4. The fourth-order valence-electron chi connectivity index (χ4n) is 10.9. The van der Waals surface area contributed by atoms with Crippen molar-refractivity contribution in [2.24, 2.45) is 10.7 Å². The summed E-state index contributed by atoms with van der Waals surface area (Å²) < 4.78 is 29.7. The lowest BCUT2D eigenvalue weighted by molar-refractivity contribution is -0.00367. The third kappa shape index (κ3) is 67.0. The van der Waals surface area contributed by atoms with Gasteiger partial charge < -0.3 is 34.5 Å². The Balaban J connectivity index is 0.00000178. The van der Waals surface area contributed by atoms with E-state index in [1.165, 1.54) is 257 Å². The van der Waals surface area contributed by atoms with E-state index in [9.17, 15) is 5.11 Å². The predicted octanol–water partition coefficient (Wildman–Crippen LogP) is 24.6. The maximum absolute atomic E-state index is 9.77. The number of nitrogens with zero attached hydrogens (tertiary/aromatic N) is 1. The number of rotatable bonds is 70. The monoisotopic (exact) mass is 1270 g/mol. The second kappa shape index (κ2) is 74.5. The summed E-state index contributed by atoms with van der Waals surface area (Å²) in [6, 6.07) is 0. The van der Waals surface area contributed by atoms with Crippen LogP contribution >= 0.6 is 0 Å². The topological polar surface area (TPSA) is 105 Å². The molecule has 0 amide bonds. The maximum Gasteiger partial charge on any atom is 0.183 e. The normalized spacial score (nSPS) is 13.8. The summed E-state index contributed by atoms with van der Waals surface area (Å²) in [5.74, 6) is 0.847. The first kappa shape index (κ1) is 88.2. The lowest BCUT2D eigenvalue weighted by Gasteiger charge is -2.26. The molecule has 0 saturated heterocycles. The molecule has 1 heterocycles. The van der Waals surface area contributed by atoms with Gasteiger partial charge in [-0.1, -0.05) is 286 Å². The molecule has 0 atom stereocenters. The van der Waals surface area contributed by atoms with Crippen LogP contribution in [0.5, 0.6) is 0 Å². The molecule has 0 unspecified atom stereocenters. The first-order chi connectivity index (χ1) is 44.9. The van der Waals surface area contributed by atoms with Gasteiger partial charge in [0, 0.05) is 32.8 Å². The third-order valence-corrected chi connectivity index (χ3v) is 17.0. The molecule has 0 aromatic carbocycles. The Hall–Kier alpha value is -2.85. The molecule has 0 aromatic heterocycles. The number of nitrogens with two attached hydrogens (primary N) is 1. The van der Waals surface area contributed by atoms with Gasteiger partial charge in [-0.3, -0.25) is 0 Å². The van der Waals surface area contributed by atoms with Crippen LogP contribution in [0.3, 0.4) is 0 Å². The van der Waals surface area contributed by atoms with Crippen LogP contribution in [0, 0.1) is 0 Å². The zero-order valence-electron chi connectivity index (χ0n) is 61.0. The molecule has 3 N–H and O–H groups in total. The van der Waals surface area contributed by atoms with Crippen LogP contribution in [0.2, 0.25) is 0 Å². The van der Waals surface area contributed by atoms with E-state index in [4.69, 9.17) is 34.4 Å². The molecule has 1 aliphatic rings. The highest BCUT2D eigenvalue weighted by atomic mass is 16.5. The maximum atomic E-state index is 9.77. The quantitative estimate of drug-likeness (QED) is 0.0462. The molecule has 530 valence electrons. The molecular formula is C83H152N2O6. The number of unbranched alkanes of at least 4 members (excludes halogenated alkanes) is 36. The SMILES string of the molecule is CCCCC/C=C\C/C=C\CCCCCCCCOCC(N)(CO)COCCCCCCCC/C=C\C/C=C\CCCCC.CCCCC/C=C\C/C=C\CCCCCCCCOCC1(COCCCCCCCC/C=C\C/C=C\CCCCC)COC(CC)=N1. The van der Waals surface area contributed by atoms with Gasteiger partial charge in [-0.2, -0.15) is 0 Å². The molecule has 8 nitrogen and oxygen atoms in total. The van der Waals surface area contributed by atoms with Crippen molar-refractivity contribution < 1.29 is 28.8 Å². The fourth-order valence-corrected chi connectivity index (χ4v) is 10.9. The Labute approximate surface area is 566 Å². The highest BCUT2D eigenvalue weighted by Gasteiger charge is 2.37. The molecule has 0 spiro atoms. The predicted molar refractivity (Wildman–Crippen MR) is 401 cm³/mol. The van der Waals surface area contributed by atoms with Gasteiger partial charge in [0.2, 0.25) is 0 Å². The van der Waals surface area contributed by atoms with Crippen molar-refractivity contribution in [3.63, 3.8) is 0 Å². The Morgan fingerprint density at radius 2 is 0.593 bits per heavy atom. The van der Waals surface area contributed by atoms with Gasteiger partial charge in [0.1, 0.15) is 12.1 Å². The van der Waals surface area contributed by atoms with E-state index in [1.807, 2.05) is 0 Å². The van der Waals surface area contributed by atoms with Gasteiger partial charge in [-0.05, 0) is 154 Å². The molecule has 0 fully saturated rings. The second-order valence-electron chi connectivity index (χ2n) is 26.4. The van der Waals surface area contributed by atoms with Crippen molar-refractivity contribution in [2.45, 2.75) is 360 Å². The summed E-state index contributed by atoms with van der Waals surface area (Å²) >= 11 is 0. The van der Waals surface area contributed by atoms with Crippen molar-refractivity contribution in [1.29, 1.82) is 0 Å². The largest absolute Gasteiger partial charge is 0.478 e. The van der Waals surface area contributed by atoms with E-state index in [0.717, 1.165) is 76.9 Å².